The number of hydrogen-bond donors (Lipinski definition) is 2. The molecule has 0 bridgehead atoms. The molecule has 0 spiro atoms. The van der Waals surface area contributed by atoms with E-state index >= 15 is 0 Å². The summed E-state index contributed by atoms with van der Waals surface area (Å²) in [5.41, 5.74) is 2.21. The van der Waals surface area contributed by atoms with Crippen LogP contribution < -0.4 is 5.32 Å². The van der Waals surface area contributed by atoms with Crippen LogP contribution in [0.2, 0.25) is 0 Å². The van der Waals surface area contributed by atoms with Crippen LogP contribution in [-0.4, -0.2) is 34.6 Å². The van der Waals surface area contributed by atoms with Crippen LogP contribution in [-0.2, 0) is 17.9 Å². The third-order valence-corrected chi connectivity index (χ3v) is 4.15. The van der Waals surface area contributed by atoms with Gasteiger partial charge in [0.15, 0.2) is 0 Å². The van der Waals surface area contributed by atoms with Crippen molar-refractivity contribution in [3.8, 4) is 0 Å². The quantitative estimate of drug-likeness (QED) is 0.887. The van der Waals surface area contributed by atoms with Crippen molar-refractivity contribution in [1.29, 1.82) is 0 Å². The molecule has 1 saturated heterocycles. The molecule has 1 amide bonds. The molecule has 1 fully saturated rings. The zero-order valence-corrected chi connectivity index (χ0v) is 13.1. The number of nitrogens with one attached hydrogen (secondary N) is 1. The van der Waals surface area contributed by atoms with Crippen molar-refractivity contribution in [1.82, 2.24) is 10.2 Å². The second-order valence-electron chi connectivity index (χ2n) is 6.02. The van der Waals surface area contributed by atoms with Gasteiger partial charge < -0.3 is 15.3 Å². The summed E-state index contributed by atoms with van der Waals surface area (Å²) in [4.78, 5) is 14.7. The minimum atomic E-state index is -0.431. The lowest BCUT2D eigenvalue weighted by molar-refractivity contribution is -0.134. The Morgan fingerprint density at radius 3 is 1.96 bits per heavy atom. The molecule has 0 aromatic heterocycles. The van der Waals surface area contributed by atoms with E-state index in [0.717, 1.165) is 11.1 Å². The van der Waals surface area contributed by atoms with E-state index in [0.29, 0.717) is 26.1 Å². The molecule has 1 aliphatic heterocycles. The van der Waals surface area contributed by atoms with Gasteiger partial charge in [-0.2, -0.15) is 0 Å². The van der Waals surface area contributed by atoms with Gasteiger partial charge in [0.2, 0.25) is 5.91 Å². The lowest BCUT2D eigenvalue weighted by Gasteiger charge is -2.26. The topological polar surface area (TPSA) is 52.6 Å². The number of rotatable bonds is 5. The van der Waals surface area contributed by atoms with Crippen LogP contribution in [0, 0.1) is 0 Å². The van der Waals surface area contributed by atoms with E-state index in [2.05, 4.69) is 5.32 Å². The molecular weight excluding hydrogens is 288 g/mol. The number of aliphatic hydroxyl groups excluding tert-OH is 1. The van der Waals surface area contributed by atoms with Gasteiger partial charge in [0.25, 0.3) is 0 Å². The lowest BCUT2D eigenvalue weighted by Crippen LogP contribution is -2.42. The van der Waals surface area contributed by atoms with Gasteiger partial charge in [-0.05, 0) is 17.5 Å². The molecule has 1 heterocycles. The molecule has 2 atom stereocenters. The Hall–Kier alpha value is -2.17. The fourth-order valence-electron chi connectivity index (χ4n) is 2.94. The number of amides is 1. The molecule has 2 N–H and O–H groups in total. The van der Waals surface area contributed by atoms with Crippen LogP contribution in [0.3, 0.4) is 0 Å². The first-order valence-corrected chi connectivity index (χ1v) is 8.00. The highest BCUT2D eigenvalue weighted by Gasteiger charge is 2.31. The Kier molecular flexibility index (Phi) is 5.05. The molecular formula is C19H22N2O2. The van der Waals surface area contributed by atoms with Crippen molar-refractivity contribution in [2.75, 3.05) is 6.54 Å². The van der Waals surface area contributed by atoms with Gasteiger partial charge in [-0.25, -0.2) is 0 Å². The maximum absolute atomic E-state index is 12.9. The van der Waals surface area contributed by atoms with Gasteiger partial charge in [0.05, 0.1) is 12.1 Å². The third kappa shape index (κ3) is 4.18. The van der Waals surface area contributed by atoms with Crippen LogP contribution in [0.25, 0.3) is 0 Å². The fourth-order valence-corrected chi connectivity index (χ4v) is 2.94. The monoisotopic (exact) mass is 310 g/mol. The maximum Gasteiger partial charge on any atom is 0.240 e. The van der Waals surface area contributed by atoms with Crippen molar-refractivity contribution >= 4 is 5.91 Å². The average molecular weight is 310 g/mol. The zero-order valence-electron chi connectivity index (χ0n) is 13.1. The molecule has 1 aliphatic rings. The predicted octanol–water partition coefficient (Wildman–Crippen LogP) is 1.94. The smallest absolute Gasteiger partial charge is 0.240 e. The second-order valence-corrected chi connectivity index (χ2v) is 6.02. The van der Waals surface area contributed by atoms with Gasteiger partial charge in [-0.1, -0.05) is 60.7 Å². The summed E-state index contributed by atoms with van der Waals surface area (Å²) in [5, 5.41) is 12.8. The Balaban J connectivity index is 1.76. The van der Waals surface area contributed by atoms with Crippen molar-refractivity contribution in [2.45, 2.75) is 31.7 Å². The maximum atomic E-state index is 12.9. The first-order chi connectivity index (χ1) is 11.2. The molecule has 4 nitrogen and oxygen atoms in total. The molecule has 0 saturated carbocycles. The van der Waals surface area contributed by atoms with Crippen LogP contribution in [0.5, 0.6) is 0 Å². The number of carbonyl (C=O) groups excluding carboxylic acids is 1. The first kappa shape index (κ1) is 15.7. The van der Waals surface area contributed by atoms with Crippen LogP contribution in [0.15, 0.2) is 60.7 Å². The SMILES string of the molecule is O=C([C@H]1C[C@H](O)CN1)N(Cc1ccccc1)Cc1ccccc1. The normalized spacial score (nSPS) is 20.4. The van der Waals surface area contributed by atoms with Gasteiger partial charge in [0, 0.05) is 19.6 Å². The van der Waals surface area contributed by atoms with E-state index in [4.69, 9.17) is 0 Å². The molecule has 0 aliphatic carbocycles. The highest BCUT2D eigenvalue weighted by Crippen LogP contribution is 2.15. The molecule has 3 rings (SSSR count). The fraction of sp³-hybridized carbons (Fsp3) is 0.316. The van der Waals surface area contributed by atoms with Gasteiger partial charge >= 0.3 is 0 Å². The van der Waals surface area contributed by atoms with Crippen LogP contribution >= 0.6 is 0 Å². The van der Waals surface area contributed by atoms with Crippen LogP contribution in [0.4, 0.5) is 0 Å². The molecule has 120 valence electrons. The van der Waals surface area contributed by atoms with Gasteiger partial charge in [0.1, 0.15) is 0 Å². The summed E-state index contributed by atoms with van der Waals surface area (Å²) < 4.78 is 0. The number of carbonyl (C=O) groups is 1. The number of aliphatic hydroxyl groups is 1. The highest BCUT2D eigenvalue weighted by atomic mass is 16.3. The lowest BCUT2D eigenvalue weighted by atomic mass is 10.1. The Labute approximate surface area is 136 Å². The van der Waals surface area contributed by atoms with E-state index in [1.807, 2.05) is 65.6 Å². The molecule has 23 heavy (non-hydrogen) atoms. The Morgan fingerprint density at radius 2 is 1.52 bits per heavy atom. The first-order valence-electron chi connectivity index (χ1n) is 8.00. The summed E-state index contributed by atoms with van der Waals surface area (Å²) in [6, 6.07) is 19.7. The van der Waals surface area contributed by atoms with E-state index in [1.54, 1.807) is 0 Å². The summed E-state index contributed by atoms with van der Waals surface area (Å²) >= 11 is 0. The Morgan fingerprint density at radius 1 is 1.00 bits per heavy atom. The highest BCUT2D eigenvalue weighted by molar-refractivity contribution is 5.82. The van der Waals surface area contributed by atoms with E-state index < -0.39 is 6.10 Å². The summed E-state index contributed by atoms with van der Waals surface area (Å²) in [7, 11) is 0. The Bertz CT molecular complexity index is 589. The third-order valence-electron chi connectivity index (χ3n) is 4.15. The molecule has 0 radical (unpaired) electrons. The average Bonchev–Trinajstić information content (AvgIpc) is 3.02. The van der Waals surface area contributed by atoms with Crippen molar-refractivity contribution in [3.05, 3.63) is 71.8 Å². The van der Waals surface area contributed by atoms with Crippen molar-refractivity contribution in [2.24, 2.45) is 0 Å². The summed E-state index contributed by atoms with van der Waals surface area (Å²) in [6.45, 7) is 1.63. The van der Waals surface area contributed by atoms with Crippen molar-refractivity contribution in [3.63, 3.8) is 0 Å². The van der Waals surface area contributed by atoms with Crippen LogP contribution in [0.1, 0.15) is 17.5 Å². The van der Waals surface area contributed by atoms with Gasteiger partial charge in [-0.15, -0.1) is 0 Å². The van der Waals surface area contributed by atoms with E-state index in [-0.39, 0.29) is 11.9 Å². The second kappa shape index (κ2) is 7.40. The largest absolute Gasteiger partial charge is 0.392 e. The molecule has 2 aromatic carbocycles. The zero-order chi connectivity index (χ0) is 16.1. The number of hydrogen-bond acceptors (Lipinski definition) is 3. The standard InChI is InChI=1S/C19H22N2O2/c22-17-11-18(20-12-17)19(23)21(13-15-7-3-1-4-8-15)14-16-9-5-2-6-10-16/h1-10,17-18,20,22H,11-14H2/t17-,18+/m0/s1. The molecule has 4 heteroatoms. The molecule has 0 unspecified atom stereocenters. The summed E-state index contributed by atoms with van der Waals surface area (Å²) in [6.07, 6.45) is 0.0538. The summed E-state index contributed by atoms with van der Waals surface area (Å²) in [5.74, 6) is 0.0502. The predicted molar refractivity (Wildman–Crippen MR) is 89.6 cm³/mol. The number of nitrogens with zero attached hydrogens (tertiary/aromatic N) is 1. The minimum absolute atomic E-state index is 0.0502. The number of benzene rings is 2. The molecule has 2 aromatic rings. The number of β-amino-alcohol motifs (C(OH)–C–C–N with tert-alkyl or cyclic N) is 1. The van der Waals surface area contributed by atoms with Gasteiger partial charge in [-0.3, -0.25) is 4.79 Å². The minimum Gasteiger partial charge on any atom is -0.392 e. The van der Waals surface area contributed by atoms with E-state index in [9.17, 15) is 9.90 Å². The van der Waals surface area contributed by atoms with Crippen molar-refractivity contribution < 1.29 is 9.90 Å². The van der Waals surface area contributed by atoms with E-state index in [1.165, 1.54) is 0 Å².